The third kappa shape index (κ3) is 5.37. The van der Waals surface area contributed by atoms with Crippen LogP contribution in [-0.4, -0.2) is 18.8 Å². The minimum absolute atomic E-state index is 0.0260. The number of nitrogens with two attached hydrogens (primary N) is 1. The maximum Gasteiger partial charge on any atom is 0.389 e. The normalized spacial score (nSPS) is 15.6. The number of ether oxygens (including phenoxy) is 1. The van der Waals surface area contributed by atoms with Crippen LogP contribution in [0.2, 0.25) is 0 Å². The van der Waals surface area contributed by atoms with Crippen LogP contribution in [0.25, 0.3) is 0 Å². The lowest BCUT2D eigenvalue weighted by atomic mass is 10.1. The van der Waals surface area contributed by atoms with Crippen LogP contribution in [-0.2, 0) is 4.74 Å². The van der Waals surface area contributed by atoms with Gasteiger partial charge in [0.15, 0.2) is 0 Å². The summed E-state index contributed by atoms with van der Waals surface area (Å²) < 4.78 is 41.5. The predicted octanol–water partition coefficient (Wildman–Crippen LogP) is 3.89. The van der Waals surface area contributed by atoms with Crippen molar-refractivity contribution in [3.8, 4) is 0 Å². The molecule has 1 aromatic rings. The molecule has 0 aromatic carbocycles. The Bertz CT molecular complexity index is 327. The van der Waals surface area contributed by atoms with E-state index in [1.54, 1.807) is 0 Å². The average Bonchev–Trinajstić information content (AvgIpc) is 2.80. The average molecular weight is 281 g/mol. The molecular weight excluding hydrogens is 263 g/mol. The Morgan fingerprint density at radius 1 is 1.44 bits per heavy atom. The van der Waals surface area contributed by atoms with E-state index in [-0.39, 0.29) is 25.2 Å². The molecule has 0 radical (unpaired) electrons. The highest BCUT2D eigenvalue weighted by molar-refractivity contribution is 7.10. The molecule has 1 aromatic heterocycles. The highest BCUT2D eigenvalue weighted by Gasteiger charge is 2.27. The van der Waals surface area contributed by atoms with Crippen molar-refractivity contribution in [3.63, 3.8) is 0 Å². The molecule has 0 spiro atoms. The molecule has 0 saturated heterocycles. The first kappa shape index (κ1) is 15.5. The van der Waals surface area contributed by atoms with Crippen LogP contribution >= 0.6 is 11.3 Å². The number of hydrogen-bond acceptors (Lipinski definition) is 3. The van der Waals surface area contributed by atoms with Gasteiger partial charge >= 0.3 is 6.18 Å². The smallest absolute Gasteiger partial charge is 0.371 e. The first-order valence-electron chi connectivity index (χ1n) is 5.91. The van der Waals surface area contributed by atoms with Crippen molar-refractivity contribution in [3.05, 3.63) is 22.4 Å². The Hall–Kier alpha value is -0.590. The molecule has 2 N–H and O–H groups in total. The van der Waals surface area contributed by atoms with Gasteiger partial charge in [0.1, 0.15) is 6.10 Å². The molecular formula is C12H18F3NOS. The second-order valence-electron chi connectivity index (χ2n) is 4.10. The summed E-state index contributed by atoms with van der Waals surface area (Å²) in [6.07, 6.45) is -4.53. The minimum Gasteiger partial charge on any atom is -0.371 e. The number of alkyl halides is 3. The highest BCUT2D eigenvalue weighted by Crippen LogP contribution is 2.27. The van der Waals surface area contributed by atoms with E-state index >= 15 is 0 Å². The lowest BCUT2D eigenvalue weighted by Gasteiger charge is -2.22. The van der Waals surface area contributed by atoms with Crippen LogP contribution in [0.15, 0.2) is 17.5 Å². The summed E-state index contributed by atoms with van der Waals surface area (Å²) in [6.45, 7) is 2.01. The molecule has 0 aliphatic heterocycles. The number of hydrogen-bond donors (Lipinski definition) is 1. The van der Waals surface area contributed by atoms with Crippen LogP contribution in [0.4, 0.5) is 13.2 Å². The summed E-state index contributed by atoms with van der Waals surface area (Å²) in [7, 11) is 0. The van der Waals surface area contributed by atoms with E-state index in [2.05, 4.69) is 0 Å². The van der Waals surface area contributed by atoms with Crippen molar-refractivity contribution in [2.24, 2.45) is 5.73 Å². The van der Waals surface area contributed by atoms with E-state index in [0.29, 0.717) is 0 Å². The van der Waals surface area contributed by atoms with Crippen LogP contribution in [0, 0.1) is 0 Å². The fourth-order valence-corrected chi connectivity index (χ4v) is 2.42. The minimum atomic E-state index is -4.12. The van der Waals surface area contributed by atoms with Gasteiger partial charge in [-0.05, 0) is 24.3 Å². The van der Waals surface area contributed by atoms with Gasteiger partial charge in [-0.15, -0.1) is 11.3 Å². The predicted molar refractivity (Wildman–Crippen MR) is 66.6 cm³/mol. The maximum absolute atomic E-state index is 12.0. The first-order chi connectivity index (χ1) is 8.44. The lowest BCUT2D eigenvalue weighted by molar-refractivity contribution is -0.139. The molecule has 0 aliphatic rings. The summed E-state index contributed by atoms with van der Waals surface area (Å²) in [5.74, 6) is 0. The summed E-state index contributed by atoms with van der Waals surface area (Å²) in [5, 5.41) is 1.91. The molecule has 0 amide bonds. The van der Waals surface area contributed by atoms with Gasteiger partial charge in [0.25, 0.3) is 0 Å². The summed E-state index contributed by atoms with van der Waals surface area (Å²) in [4.78, 5) is 0.969. The van der Waals surface area contributed by atoms with Crippen molar-refractivity contribution >= 4 is 11.3 Å². The molecule has 104 valence electrons. The molecule has 0 fully saturated rings. The quantitative estimate of drug-likeness (QED) is 0.770. The van der Waals surface area contributed by atoms with Crippen LogP contribution in [0.3, 0.4) is 0 Å². The Morgan fingerprint density at radius 3 is 2.67 bits per heavy atom. The number of halogens is 3. The van der Waals surface area contributed by atoms with Crippen LogP contribution in [0.1, 0.15) is 37.2 Å². The zero-order valence-electron chi connectivity index (χ0n) is 10.2. The second kappa shape index (κ2) is 7.11. The fraction of sp³-hybridized carbons (Fsp3) is 0.667. The third-order valence-electron chi connectivity index (χ3n) is 2.59. The Labute approximate surface area is 109 Å². The van der Waals surface area contributed by atoms with Gasteiger partial charge in [0.2, 0.25) is 0 Å². The van der Waals surface area contributed by atoms with Crippen LogP contribution < -0.4 is 5.73 Å². The van der Waals surface area contributed by atoms with Gasteiger partial charge in [0.05, 0.1) is 0 Å². The van der Waals surface area contributed by atoms with E-state index < -0.39 is 12.6 Å². The molecule has 18 heavy (non-hydrogen) atoms. The molecule has 1 heterocycles. The molecule has 0 saturated carbocycles. The van der Waals surface area contributed by atoms with E-state index in [9.17, 15) is 13.2 Å². The topological polar surface area (TPSA) is 35.2 Å². The Balaban J connectivity index is 2.43. The van der Waals surface area contributed by atoms with E-state index in [4.69, 9.17) is 10.5 Å². The SMILES string of the molecule is CCC(N)C(OCCCC(F)(F)F)c1cccs1. The Kier molecular flexibility index (Phi) is 6.11. The standard InChI is InChI=1S/C12H18F3NOS/c1-2-9(16)11(10-5-3-8-18-10)17-7-4-6-12(13,14)15/h3,5,8-9,11H,2,4,6-7,16H2,1H3. The van der Waals surface area contributed by atoms with E-state index in [0.717, 1.165) is 11.3 Å². The molecule has 2 atom stereocenters. The maximum atomic E-state index is 12.0. The number of thiophene rings is 1. The van der Waals surface area contributed by atoms with Gasteiger partial charge in [-0.3, -0.25) is 0 Å². The Morgan fingerprint density at radius 2 is 2.17 bits per heavy atom. The second-order valence-corrected chi connectivity index (χ2v) is 5.08. The number of rotatable bonds is 7. The van der Waals surface area contributed by atoms with Gasteiger partial charge in [-0.25, -0.2) is 0 Å². The molecule has 2 unspecified atom stereocenters. The zero-order chi connectivity index (χ0) is 13.6. The molecule has 0 bridgehead atoms. The fourth-order valence-electron chi connectivity index (χ4n) is 1.57. The largest absolute Gasteiger partial charge is 0.389 e. The first-order valence-corrected chi connectivity index (χ1v) is 6.79. The molecule has 6 heteroatoms. The lowest BCUT2D eigenvalue weighted by Crippen LogP contribution is -2.29. The van der Waals surface area contributed by atoms with Gasteiger partial charge in [0, 0.05) is 23.9 Å². The third-order valence-corrected chi connectivity index (χ3v) is 3.52. The van der Waals surface area contributed by atoms with Crippen molar-refractivity contribution in [1.29, 1.82) is 0 Å². The van der Waals surface area contributed by atoms with E-state index in [1.165, 1.54) is 11.3 Å². The van der Waals surface area contributed by atoms with Crippen molar-refractivity contribution in [2.75, 3.05) is 6.61 Å². The van der Waals surface area contributed by atoms with Crippen LogP contribution in [0.5, 0.6) is 0 Å². The monoisotopic (exact) mass is 281 g/mol. The van der Waals surface area contributed by atoms with Gasteiger partial charge < -0.3 is 10.5 Å². The van der Waals surface area contributed by atoms with Gasteiger partial charge in [-0.2, -0.15) is 13.2 Å². The summed E-state index contributed by atoms with van der Waals surface area (Å²) in [6, 6.07) is 3.60. The molecule has 0 aliphatic carbocycles. The van der Waals surface area contributed by atoms with Gasteiger partial charge in [-0.1, -0.05) is 13.0 Å². The zero-order valence-corrected chi connectivity index (χ0v) is 11.1. The van der Waals surface area contributed by atoms with Crippen molar-refractivity contribution in [2.45, 2.75) is 44.5 Å². The highest BCUT2D eigenvalue weighted by atomic mass is 32.1. The van der Waals surface area contributed by atoms with E-state index in [1.807, 2.05) is 24.4 Å². The summed E-state index contributed by atoms with van der Waals surface area (Å²) >= 11 is 1.51. The summed E-state index contributed by atoms with van der Waals surface area (Å²) in [5.41, 5.74) is 5.94. The van der Waals surface area contributed by atoms with Crippen molar-refractivity contribution < 1.29 is 17.9 Å². The molecule has 2 nitrogen and oxygen atoms in total. The van der Waals surface area contributed by atoms with Crippen molar-refractivity contribution in [1.82, 2.24) is 0 Å². The molecule has 1 rings (SSSR count).